The van der Waals surface area contributed by atoms with E-state index in [1.807, 2.05) is 0 Å². The number of pyridine rings is 1. The third-order valence-corrected chi connectivity index (χ3v) is 4.64. The summed E-state index contributed by atoms with van der Waals surface area (Å²) < 4.78 is 26.5. The van der Waals surface area contributed by atoms with Gasteiger partial charge >= 0.3 is 0 Å². The lowest BCUT2D eigenvalue weighted by molar-refractivity contribution is 0.575. The quantitative estimate of drug-likeness (QED) is 0.746. The first-order valence-corrected chi connectivity index (χ1v) is 6.88. The van der Waals surface area contributed by atoms with Crippen molar-refractivity contribution >= 4 is 29.3 Å². The standard InChI is InChI=1S/C10H13N3O2S.H2S/c14-16(15)9-4-1-5-11-10(9)13-6-2-3-8(13)7-12-16;/h1,4-5,8,12H,2-3,6-7H2;1H2/t8-;/m0./s1. The van der Waals surface area contributed by atoms with Crippen molar-refractivity contribution in [3.8, 4) is 0 Å². The maximum atomic E-state index is 11.9. The normalized spacial score (nSPS) is 25.4. The molecule has 0 aromatic carbocycles. The molecule has 2 aliphatic heterocycles. The van der Waals surface area contributed by atoms with E-state index < -0.39 is 10.0 Å². The predicted molar refractivity (Wildman–Crippen MR) is 70.2 cm³/mol. The molecular weight excluding hydrogens is 258 g/mol. The third kappa shape index (κ3) is 2.02. The van der Waals surface area contributed by atoms with Crippen molar-refractivity contribution in [2.45, 2.75) is 23.8 Å². The van der Waals surface area contributed by atoms with Crippen LogP contribution in [-0.2, 0) is 10.0 Å². The minimum absolute atomic E-state index is 0. The lowest BCUT2D eigenvalue weighted by Crippen LogP contribution is -2.36. The van der Waals surface area contributed by atoms with Crippen molar-refractivity contribution in [3.63, 3.8) is 0 Å². The zero-order valence-corrected chi connectivity index (χ0v) is 11.1. The van der Waals surface area contributed by atoms with Gasteiger partial charge in [-0.05, 0) is 25.0 Å². The zero-order chi connectivity index (χ0) is 11.2. The molecule has 7 heteroatoms. The summed E-state index contributed by atoms with van der Waals surface area (Å²) in [6.45, 7) is 1.38. The van der Waals surface area contributed by atoms with Gasteiger partial charge < -0.3 is 4.90 Å². The van der Waals surface area contributed by atoms with Crippen LogP contribution < -0.4 is 9.62 Å². The van der Waals surface area contributed by atoms with Crippen molar-refractivity contribution in [2.24, 2.45) is 0 Å². The SMILES string of the molecule is O=S1(=O)NC[C@@H]2CCCN2c2ncccc21.S. The van der Waals surface area contributed by atoms with Gasteiger partial charge in [-0.2, -0.15) is 13.5 Å². The van der Waals surface area contributed by atoms with Crippen LogP contribution >= 0.6 is 13.5 Å². The smallest absolute Gasteiger partial charge is 0.244 e. The van der Waals surface area contributed by atoms with E-state index in [4.69, 9.17) is 0 Å². The molecule has 1 saturated heterocycles. The van der Waals surface area contributed by atoms with Crippen molar-refractivity contribution in [1.29, 1.82) is 0 Å². The summed E-state index contributed by atoms with van der Waals surface area (Å²) in [5, 5.41) is 0. The molecule has 1 fully saturated rings. The van der Waals surface area contributed by atoms with Crippen molar-refractivity contribution in [2.75, 3.05) is 18.0 Å². The summed E-state index contributed by atoms with van der Waals surface area (Å²) in [7, 11) is -3.37. The van der Waals surface area contributed by atoms with Gasteiger partial charge in [0.25, 0.3) is 0 Å². The van der Waals surface area contributed by atoms with Crippen LogP contribution in [0.4, 0.5) is 5.82 Å². The van der Waals surface area contributed by atoms with Gasteiger partial charge in [0.05, 0.1) is 0 Å². The van der Waals surface area contributed by atoms with E-state index in [-0.39, 0.29) is 19.5 Å². The number of hydrogen-bond acceptors (Lipinski definition) is 4. The van der Waals surface area contributed by atoms with Crippen LogP contribution in [0.3, 0.4) is 0 Å². The molecule has 0 unspecified atom stereocenters. The zero-order valence-electron chi connectivity index (χ0n) is 9.26. The molecular formula is C10H15N3O2S2. The highest BCUT2D eigenvalue weighted by Crippen LogP contribution is 2.31. The van der Waals surface area contributed by atoms with Gasteiger partial charge in [-0.1, -0.05) is 0 Å². The van der Waals surface area contributed by atoms with Crippen LogP contribution in [0.2, 0.25) is 0 Å². The summed E-state index contributed by atoms with van der Waals surface area (Å²) in [5.74, 6) is 0.606. The van der Waals surface area contributed by atoms with Gasteiger partial charge in [0, 0.05) is 25.3 Å². The third-order valence-electron chi connectivity index (χ3n) is 3.20. The second kappa shape index (κ2) is 4.47. The Balaban J connectivity index is 0.00000108. The molecule has 0 aliphatic carbocycles. The molecule has 0 spiro atoms. The number of rotatable bonds is 0. The van der Waals surface area contributed by atoms with Crippen LogP contribution in [0.15, 0.2) is 23.2 Å². The lowest BCUT2D eigenvalue weighted by atomic mass is 10.2. The van der Waals surface area contributed by atoms with E-state index in [1.165, 1.54) is 0 Å². The largest absolute Gasteiger partial charge is 0.351 e. The van der Waals surface area contributed by atoms with Crippen LogP contribution in [0, 0.1) is 0 Å². The number of nitrogens with one attached hydrogen (secondary N) is 1. The lowest BCUT2D eigenvalue weighted by Gasteiger charge is -2.23. The molecule has 3 rings (SSSR count). The number of anilines is 1. The van der Waals surface area contributed by atoms with E-state index in [0.717, 1.165) is 19.4 Å². The molecule has 0 radical (unpaired) electrons. The van der Waals surface area contributed by atoms with E-state index in [1.54, 1.807) is 18.3 Å². The molecule has 2 aliphatic rings. The van der Waals surface area contributed by atoms with Crippen LogP contribution in [-0.4, -0.2) is 32.5 Å². The van der Waals surface area contributed by atoms with E-state index in [2.05, 4.69) is 14.6 Å². The molecule has 0 amide bonds. The summed E-state index contributed by atoms with van der Waals surface area (Å²) >= 11 is 0. The highest BCUT2D eigenvalue weighted by molar-refractivity contribution is 7.89. The van der Waals surface area contributed by atoms with E-state index >= 15 is 0 Å². The van der Waals surface area contributed by atoms with Crippen molar-refractivity contribution in [1.82, 2.24) is 9.71 Å². The number of aromatic nitrogens is 1. The molecule has 1 aromatic heterocycles. The van der Waals surface area contributed by atoms with Gasteiger partial charge in [0.15, 0.2) is 0 Å². The van der Waals surface area contributed by atoms with Crippen molar-refractivity contribution < 1.29 is 8.42 Å². The number of sulfonamides is 1. The Kier molecular flexibility index (Phi) is 3.33. The maximum Gasteiger partial charge on any atom is 0.244 e. The number of fused-ring (bicyclic) bond motifs is 3. The highest BCUT2D eigenvalue weighted by Gasteiger charge is 2.34. The average Bonchev–Trinajstić information content (AvgIpc) is 2.71. The Morgan fingerprint density at radius 3 is 3.12 bits per heavy atom. The molecule has 3 heterocycles. The first kappa shape index (κ1) is 12.7. The fraction of sp³-hybridized carbons (Fsp3) is 0.500. The molecule has 0 bridgehead atoms. The number of nitrogens with zero attached hydrogens (tertiary/aromatic N) is 2. The molecule has 1 N–H and O–H groups in total. The van der Waals surface area contributed by atoms with Crippen LogP contribution in [0.1, 0.15) is 12.8 Å². The first-order chi connectivity index (χ1) is 7.68. The minimum atomic E-state index is -3.37. The average molecular weight is 273 g/mol. The highest BCUT2D eigenvalue weighted by atomic mass is 32.2. The first-order valence-electron chi connectivity index (χ1n) is 5.40. The van der Waals surface area contributed by atoms with Gasteiger partial charge in [0.1, 0.15) is 10.7 Å². The van der Waals surface area contributed by atoms with E-state index in [0.29, 0.717) is 17.3 Å². The molecule has 17 heavy (non-hydrogen) atoms. The maximum absolute atomic E-state index is 11.9. The molecule has 5 nitrogen and oxygen atoms in total. The second-order valence-corrected chi connectivity index (χ2v) is 5.90. The number of hydrogen-bond donors (Lipinski definition) is 1. The minimum Gasteiger partial charge on any atom is -0.351 e. The summed E-state index contributed by atoms with van der Waals surface area (Å²) in [5.41, 5.74) is 0. The van der Waals surface area contributed by atoms with Crippen LogP contribution in [0.25, 0.3) is 0 Å². The van der Waals surface area contributed by atoms with Gasteiger partial charge in [-0.3, -0.25) is 0 Å². The summed E-state index contributed by atoms with van der Waals surface area (Å²) in [4.78, 5) is 6.63. The fourth-order valence-corrected chi connectivity index (χ4v) is 3.65. The van der Waals surface area contributed by atoms with Crippen molar-refractivity contribution in [3.05, 3.63) is 18.3 Å². The molecule has 1 aromatic rings. The Hall–Kier alpha value is -0.790. The molecule has 94 valence electrons. The fourth-order valence-electron chi connectivity index (χ4n) is 2.42. The van der Waals surface area contributed by atoms with Crippen LogP contribution in [0.5, 0.6) is 0 Å². The summed E-state index contributed by atoms with van der Waals surface area (Å²) in [6, 6.07) is 3.53. The van der Waals surface area contributed by atoms with E-state index in [9.17, 15) is 8.42 Å². The van der Waals surface area contributed by atoms with Gasteiger partial charge in [-0.15, -0.1) is 0 Å². The Bertz CT molecular complexity index is 518. The topological polar surface area (TPSA) is 62.3 Å². The second-order valence-electron chi connectivity index (χ2n) is 4.17. The van der Waals surface area contributed by atoms with Gasteiger partial charge in [0.2, 0.25) is 10.0 Å². The molecule has 1 atom stereocenters. The molecule has 0 saturated carbocycles. The summed E-state index contributed by atoms with van der Waals surface area (Å²) in [6.07, 6.45) is 3.77. The Morgan fingerprint density at radius 2 is 2.29 bits per heavy atom. The Labute approximate surface area is 108 Å². The predicted octanol–water partition coefficient (Wildman–Crippen LogP) is 0.455. The van der Waals surface area contributed by atoms with Gasteiger partial charge in [-0.25, -0.2) is 18.1 Å². The Morgan fingerprint density at radius 1 is 1.47 bits per heavy atom. The monoisotopic (exact) mass is 273 g/mol.